The van der Waals surface area contributed by atoms with Crippen LogP contribution in [0.4, 0.5) is 0 Å². The Hall–Kier alpha value is -1.48. The van der Waals surface area contributed by atoms with Gasteiger partial charge in [-0.2, -0.15) is 0 Å². The third-order valence-electron chi connectivity index (χ3n) is 5.42. The van der Waals surface area contributed by atoms with Gasteiger partial charge >= 0.3 is 0 Å². The first-order valence-electron chi connectivity index (χ1n) is 9.37. The predicted octanol–water partition coefficient (Wildman–Crippen LogP) is 2.41. The molecule has 2 N–H and O–H groups in total. The standard InChI is InChI=1S/C18H25N5O2S.ClH/c24-16(17-4-2-10-26-17)11-14-3-1-9-22(14)18(25)15-12-23(21-20-15)13-5-7-19-8-6-13;/h2,4,10,12-14,16,19,24H,1,3,5-9,11H2;1H. The van der Waals surface area contributed by atoms with Crippen LogP contribution in [0.1, 0.15) is 59.6 Å². The molecule has 0 aromatic carbocycles. The number of halogens is 1. The lowest BCUT2D eigenvalue weighted by atomic mass is 10.1. The topological polar surface area (TPSA) is 83.3 Å². The number of rotatable bonds is 5. The third-order valence-corrected chi connectivity index (χ3v) is 6.39. The molecule has 0 radical (unpaired) electrons. The van der Waals surface area contributed by atoms with Crippen LogP contribution in [-0.2, 0) is 0 Å². The van der Waals surface area contributed by atoms with Crippen LogP contribution in [0.15, 0.2) is 23.7 Å². The number of nitrogens with one attached hydrogen (secondary N) is 1. The van der Waals surface area contributed by atoms with Crippen molar-refractivity contribution < 1.29 is 9.90 Å². The average Bonchev–Trinajstić information content (AvgIpc) is 3.42. The van der Waals surface area contributed by atoms with E-state index in [-0.39, 0.29) is 24.4 Å². The molecule has 0 bridgehead atoms. The van der Waals surface area contributed by atoms with Gasteiger partial charge in [-0.1, -0.05) is 11.3 Å². The lowest BCUT2D eigenvalue weighted by molar-refractivity contribution is 0.0664. The Labute approximate surface area is 169 Å². The summed E-state index contributed by atoms with van der Waals surface area (Å²) in [5.74, 6) is -0.0638. The van der Waals surface area contributed by atoms with Crippen molar-refractivity contribution in [2.45, 2.75) is 50.3 Å². The Morgan fingerprint density at radius 3 is 2.93 bits per heavy atom. The summed E-state index contributed by atoms with van der Waals surface area (Å²) in [7, 11) is 0. The fourth-order valence-electron chi connectivity index (χ4n) is 3.97. The second-order valence-electron chi connectivity index (χ2n) is 7.13. The first-order valence-corrected chi connectivity index (χ1v) is 10.3. The van der Waals surface area contributed by atoms with Crippen LogP contribution in [-0.4, -0.2) is 56.6 Å². The molecule has 2 saturated heterocycles. The van der Waals surface area contributed by atoms with Gasteiger partial charge < -0.3 is 15.3 Å². The van der Waals surface area contributed by atoms with E-state index in [0.717, 1.165) is 50.2 Å². The van der Waals surface area contributed by atoms with Crippen LogP contribution in [0.3, 0.4) is 0 Å². The summed E-state index contributed by atoms with van der Waals surface area (Å²) in [5.41, 5.74) is 0.418. The van der Waals surface area contributed by atoms with Crippen LogP contribution in [0.25, 0.3) is 0 Å². The maximum atomic E-state index is 12.9. The highest BCUT2D eigenvalue weighted by atomic mass is 35.5. The number of hydrogen-bond acceptors (Lipinski definition) is 6. The molecule has 4 heterocycles. The lowest BCUT2D eigenvalue weighted by Crippen LogP contribution is -2.36. The minimum atomic E-state index is -0.515. The van der Waals surface area contributed by atoms with Crippen LogP contribution in [0.5, 0.6) is 0 Å². The Morgan fingerprint density at radius 1 is 1.37 bits per heavy atom. The number of aliphatic hydroxyl groups excluding tert-OH is 1. The Kier molecular flexibility index (Phi) is 6.86. The van der Waals surface area contributed by atoms with Crippen molar-refractivity contribution in [3.05, 3.63) is 34.3 Å². The molecule has 2 aliphatic heterocycles. The fraction of sp³-hybridized carbons (Fsp3) is 0.611. The quantitative estimate of drug-likeness (QED) is 0.789. The highest BCUT2D eigenvalue weighted by Gasteiger charge is 2.33. The summed E-state index contributed by atoms with van der Waals surface area (Å²) in [6.07, 6.45) is 5.77. The van der Waals surface area contributed by atoms with E-state index in [2.05, 4.69) is 15.6 Å². The Bertz CT molecular complexity index is 732. The zero-order chi connectivity index (χ0) is 17.9. The summed E-state index contributed by atoms with van der Waals surface area (Å²) in [6.45, 7) is 2.67. The normalized spacial score (nSPS) is 21.8. The molecule has 148 valence electrons. The van der Waals surface area contributed by atoms with Gasteiger partial charge in [0.2, 0.25) is 0 Å². The highest BCUT2D eigenvalue weighted by Crippen LogP contribution is 2.30. The van der Waals surface area contributed by atoms with Crippen LogP contribution >= 0.6 is 23.7 Å². The van der Waals surface area contributed by atoms with E-state index in [1.165, 1.54) is 0 Å². The molecule has 1 amide bonds. The number of hydrogen-bond donors (Lipinski definition) is 2. The van der Waals surface area contributed by atoms with Gasteiger partial charge in [-0.15, -0.1) is 28.8 Å². The first-order chi connectivity index (χ1) is 12.7. The second-order valence-corrected chi connectivity index (χ2v) is 8.11. The van der Waals surface area contributed by atoms with E-state index >= 15 is 0 Å². The van der Waals surface area contributed by atoms with Crippen molar-refractivity contribution >= 4 is 29.7 Å². The molecule has 2 aromatic heterocycles. The zero-order valence-corrected chi connectivity index (χ0v) is 16.8. The van der Waals surface area contributed by atoms with Gasteiger partial charge in [-0.05, 0) is 56.6 Å². The van der Waals surface area contributed by atoms with Crippen molar-refractivity contribution in [1.29, 1.82) is 0 Å². The molecular weight excluding hydrogens is 386 g/mol. The van der Waals surface area contributed by atoms with Gasteiger partial charge in [-0.25, -0.2) is 4.68 Å². The first kappa shape index (κ1) is 20.3. The van der Waals surface area contributed by atoms with E-state index in [0.29, 0.717) is 18.2 Å². The molecule has 0 spiro atoms. The fourth-order valence-corrected chi connectivity index (χ4v) is 4.70. The lowest BCUT2D eigenvalue weighted by Gasteiger charge is -2.25. The second kappa shape index (κ2) is 9.14. The average molecular weight is 412 g/mol. The number of carbonyl (C=O) groups is 1. The zero-order valence-electron chi connectivity index (χ0n) is 15.2. The van der Waals surface area contributed by atoms with Gasteiger partial charge in [0.05, 0.1) is 18.3 Å². The number of carbonyl (C=O) groups excluding carboxylic acids is 1. The number of aromatic nitrogens is 3. The van der Waals surface area contributed by atoms with Gasteiger partial charge in [0.1, 0.15) is 0 Å². The number of amides is 1. The summed E-state index contributed by atoms with van der Waals surface area (Å²) in [4.78, 5) is 15.8. The van der Waals surface area contributed by atoms with E-state index in [1.807, 2.05) is 27.1 Å². The molecule has 0 aliphatic carbocycles. The van der Waals surface area contributed by atoms with E-state index in [4.69, 9.17) is 0 Å². The molecule has 0 saturated carbocycles. The summed E-state index contributed by atoms with van der Waals surface area (Å²) >= 11 is 1.56. The maximum absolute atomic E-state index is 12.9. The summed E-state index contributed by atoms with van der Waals surface area (Å²) < 4.78 is 1.85. The van der Waals surface area contributed by atoms with E-state index in [9.17, 15) is 9.90 Å². The molecule has 2 atom stereocenters. The SMILES string of the molecule is Cl.O=C(c1cn(C2CCNCC2)nn1)N1CCCC1CC(O)c1cccs1. The minimum absolute atomic E-state index is 0. The van der Waals surface area contributed by atoms with Gasteiger partial charge in [-0.3, -0.25) is 4.79 Å². The van der Waals surface area contributed by atoms with Gasteiger partial charge in [0, 0.05) is 17.5 Å². The molecule has 27 heavy (non-hydrogen) atoms. The van der Waals surface area contributed by atoms with Crippen LogP contribution in [0.2, 0.25) is 0 Å². The number of likely N-dealkylation sites (tertiary alicyclic amines) is 1. The van der Waals surface area contributed by atoms with Gasteiger partial charge in [0.15, 0.2) is 5.69 Å². The highest BCUT2D eigenvalue weighted by molar-refractivity contribution is 7.10. The molecule has 4 rings (SSSR count). The molecule has 9 heteroatoms. The van der Waals surface area contributed by atoms with Crippen LogP contribution in [0, 0.1) is 0 Å². The summed E-state index contributed by atoms with van der Waals surface area (Å²) in [6, 6.07) is 4.27. The van der Waals surface area contributed by atoms with Crippen LogP contribution < -0.4 is 5.32 Å². The van der Waals surface area contributed by atoms with Crippen molar-refractivity contribution in [3.8, 4) is 0 Å². The maximum Gasteiger partial charge on any atom is 0.276 e. The predicted molar refractivity (Wildman–Crippen MR) is 106 cm³/mol. The third kappa shape index (κ3) is 4.51. The minimum Gasteiger partial charge on any atom is -0.387 e. The van der Waals surface area contributed by atoms with Crippen molar-refractivity contribution in [2.75, 3.05) is 19.6 Å². The molecule has 2 aromatic rings. The van der Waals surface area contributed by atoms with Crippen molar-refractivity contribution in [1.82, 2.24) is 25.2 Å². The number of nitrogens with zero attached hydrogens (tertiary/aromatic N) is 4. The molecule has 2 aliphatic rings. The van der Waals surface area contributed by atoms with Gasteiger partial charge in [0.25, 0.3) is 5.91 Å². The Balaban J connectivity index is 0.00000210. The smallest absolute Gasteiger partial charge is 0.276 e. The van der Waals surface area contributed by atoms with E-state index < -0.39 is 6.10 Å². The van der Waals surface area contributed by atoms with Crippen molar-refractivity contribution in [3.63, 3.8) is 0 Å². The molecular formula is C18H26ClN5O2S. The van der Waals surface area contributed by atoms with Crippen molar-refractivity contribution in [2.24, 2.45) is 0 Å². The number of aliphatic hydroxyl groups is 1. The number of thiophene rings is 1. The summed E-state index contributed by atoms with van der Waals surface area (Å²) in [5, 5.41) is 24.1. The van der Waals surface area contributed by atoms with E-state index in [1.54, 1.807) is 17.5 Å². The molecule has 2 unspecified atom stereocenters. The largest absolute Gasteiger partial charge is 0.387 e. The molecule has 2 fully saturated rings. The molecule has 7 nitrogen and oxygen atoms in total. The number of piperidine rings is 1. The monoisotopic (exact) mass is 411 g/mol. The Morgan fingerprint density at radius 2 is 2.19 bits per heavy atom.